The summed E-state index contributed by atoms with van der Waals surface area (Å²) in [5.41, 5.74) is 0.0496. The fraction of sp³-hybridized carbons (Fsp3) is 0.391. The highest BCUT2D eigenvalue weighted by Crippen LogP contribution is 2.44. The van der Waals surface area contributed by atoms with Crippen LogP contribution in [0.5, 0.6) is 0 Å². The molecule has 0 bridgehead atoms. The first-order valence-corrected chi connectivity index (χ1v) is 9.89. The van der Waals surface area contributed by atoms with E-state index in [2.05, 4.69) is 10.3 Å². The minimum atomic E-state index is -2.84. The topological polar surface area (TPSA) is 51.2 Å². The summed E-state index contributed by atoms with van der Waals surface area (Å²) in [5, 5.41) is 2.58. The second-order valence-electron chi connectivity index (χ2n) is 8.66. The van der Waals surface area contributed by atoms with E-state index < -0.39 is 41.6 Å². The number of hydrogen-bond donors (Lipinski definition) is 1. The Morgan fingerprint density at radius 1 is 1.19 bits per heavy atom. The molecule has 1 N–H and O–H groups in total. The number of rotatable bonds is 3. The lowest BCUT2D eigenvalue weighted by molar-refractivity contribution is -0.0161. The van der Waals surface area contributed by atoms with Crippen LogP contribution >= 0.6 is 0 Å². The second-order valence-corrected chi connectivity index (χ2v) is 8.66. The molecule has 2 aromatic rings. The average molecular weight is 436 g/mol. The van der Waals surface area contributed by atoms with Crippen LogP contribution in [0, 0.1) is 17.6 Å². The Kier molecular flexibility index (Phi) is 6.11. The van der Waals surface area contributed by atoms with Gasteiger partial charge < -0.3 is 4.74 Å². The van der Waals surface area contributed by atoms with Gasteiger partial charge in [-0.15, -0.1) is 0 Å². The van der Waals surface area contributed by atoms with Crippen molar-refractivity contribution >= 4 is 17.4 Å². The molecule has 0 aliphatic heterocycles. The lowest BCUT2D eigenvalue weighted by Crippen LogP contribution is -2.28. The molecule has 3 rings (SSSR count). The van der Waals surface area contributed by atoms with Crippen LogP contribution in [0.1, 0.15) is 46.2 Å². The summed E-state index contributed by atoms with van der Waals surface area (Å²) in [6.45, 7) is 6.67. The fourth-order valence-electron chi connectivity index (χ4n) is 3.57. The molecule has 31 heavy (non-hydrogen) atoms. The zero-order chi connectivity index (χ0) is 23.0. The molecule has 8 heteroatoms. The van der Waals surface area contributed by atoms with Crippen molar-refractivity contribution in [2.45, 2.75) is 52.1 Å². The first-order chi connectivity index (χ1) is 14.4. The van der Waals surface area contributed by atoms with Crippen LogP contribution in [0.15, 0.2) is 36.5 Å². The molecule has 0 saturated carbocycles. The molecule has 0 spiro atoms. The van der Waals surface area contributed by atoms with Gasteiger partial charge in [-0.2, -0.15) is 0 Å². The molecule has 0 radical (unpaired) electrons. The summed E-state index contributed by atoms with van der Waals surface area (Å²) < 4.78 is 61.4. The molecule has 1 atom stereocenters. The van der Waals surface area contributed by atoms with Gasteiger partial charge in [0.25, 0.3) is 5.92 Å². The summed E-state index contributed by atoms with van der Waals surface area (Å²) in [4.78, 5) is 16.8. The summed E-state index contributed by atoms with van der Waals surface area (Å²) in [7, 11) is 0. The maximum Gasteiger partial charge on any atom is 0.412 e. The Bertz CT molecular complexity index is 1030. The number of carbonyl (C=O) groups excluding carboxylic acids is 1. The molecule has 1 amide bonds. The predicted octanol–water partition coefficient (Wildman–Crippen LogP) is 6.82. The van der Waals surface area contributed by atoms with Gasteiger partial charge in [0.15, 0.2) is 0 Å². The fourth-order valence-corrected chi connectivity index (χ4v) is 3.57. The molecular weight excluding hydrogens is 412 g/mol. The van der Waals surface area contributed by atoms with Gasteiger partial charge >= 0.3 is 6.09 Å². The van der Waals surface area contributed by atoms with Gasteiger partial charge in [-0.05, 0) is 56.5 Å². The third-order valence-corrected chi connectivity index (χ3v) is 4.83. The first kappa shape index (κ1) is 22.8. The van der Waals surface area contributed by atoms with E-state index in [9.17, 15) is 22.4 Å². The zero-order valence-electron chi connectivity index (χ0n) is 17.7. The van der Waals surface area contributed by atoms with Crippen molar-refractivity contribution < 1.29 is 27.1 Å². The van der Waals surface area contributed by atoms with Crippen molar-refractivity contribution in [3.8, 4) is 11.1 Å². The Labute approximate surface area is 178 Å². The van der Waals surface area contributed by atoms with Crippen molar-refractivity contribution in [1.82, 2.24) is 4.98 Å². The van der Waals surface area contributed by atoms with Crippen LogP contribution in [0.4, 0.5) is 28.0 Å². The molecule has 1 aliphatic carbocycles. The van der Waals surface area contributed by atoms with E-state index in [-0.39, 0.29) is 28.9 Å². The van der Waals surface area contributed by atoms with E-state index in [1.807, 2.05) is 0 Å². The summed E-state index contributed by atoms with van der Waals surface area (Å²) in [6.07, 6.45) is 1.07. The van der Waals surface area contributed by atoms with Gasteiger partial charge in [0.2, 0.25) is 0 Å². The van der Waals surface area contributed by atoms with Crippen LogP contribution in [-0.4, -0.2) is 22.6 Å². The number of nitrogens with one attached hydrogen (secondary N) is 1. The van der Waals surface area contributed by atoms with Gasteiger partial charge in [0, 0.05) is 30.2 Å². The number of hydrogen-bond acceptors (Lipinski definition) is 3. The number of allylic oxidation sites excluding steroid dienone is 2. The van der Waals surface area contributed by atoms with Crippen LogP contribution in [-0.2, 0) is 4.74 Å². The van der Waals surface area contributed by atoms with Gasteiger partial charge in [-0.1, -0.05) is 13.0 Å². The third kappa shape index (κ3) is 5.42. The van der Waals surface area contributed by atoms with E-state index in [1.165, 1.54) is 18.3 Å². The highest BCUT2D eigenvalue weighted by molar-refractivity contribution is 5.96. The number of aromatic nitrogens is 1. The van der Waals surface area contributed by atoms with Gasteiger partial charge in [-0.3, -0.25) is 10.3 Å². The second kappa shape index (κ2) is 8.32. The SMILES string of the molecule is CC1CC(F)(F)CC=C1c1nccc(-c2cc(F)ccc2F)c1NC(=O)OC(C)(C)C. The molecule has 1 aromatic heterocycles. The Morgan fingerprint density at radius 2 is 1.90 bits per heavy atom. The molecular formula is C23H24F4N2O2. The summed E-state index contributed by atoms with van der Waals surface area (Å²) in [5.74, 6) is -4.78. The molecule has 0 saturated heterocycles. The normalized spacial score (nSPS) is 18.3. The number of nitrogens with zero attached hydrogens (tertiary/aromatic N) is 1. The largest absolute Gasteiger partial charge is 0.444 e. The van der Waals surface area contributed by atoms with E-state index >= 15 is 0 Å². The van der Waals surface area contributed by atoms with Crippen LogP contribution in [0.25, 0.3) is 16.7 Å². The molecule has 4 nitrogen and oxygen atoms in total. The van der Waals surface area contributed by atoms with E-state index in [0.717, 1.165) is 18.2 Å². The molecule has 166 valence electrons. The number of anilines is 1. The number of carbonyl (C=O) groups is 1. The highest BCUT2D eigenvalue weighted by atomic mass is 19.3. The minimum Gasteiger partial charge on any atom is -0.444 e. The molecule has 1 unspecified atom stereocenters. The summed E-state index contributed by atoms with van der Waals surface area (Å²) >= 11 is 0. The minimum absolute atomic E-state index is 0.0737. The number of pyridine rings is 1. The maximum absolute atomic E-state index is 14.6. The van der Waals surface area contributed by atoms with Gasteiger partial charge in [0.05, 0.1) is 11.4 Å². The number of halogens is 4. The van der Waals surface area contributed by atoms with Crippen molar-refractivity contribution in [2.75, 3.05) is 5.32 Å². The number of alkyl halides is 2. The third-order valence-electron chi connectivity index (χ3n) is 4.83. The van der Waals surface area contributed by atoms with Crippen LogP contribution < -0.4 is 5.32 Å². The van der Waals surface area contributed by atoms with Crippen LogP contribution in [0.2, 0.25) is 0 Å². The number of ether oxygens (including phenoxy) is 1. The van der Waals surface area contributed by atoms with Gasteiger partial charge in [0.1, 0.15) is 17.2 Å². The summed E-state index contributed by atoms with van der Waals surface area (Å²) in [6, 6.07) is 4.39. The van der Waals surface area contributed by atoms with Crippen molar-refractivity contribution in [3.05, 3.63) is 53.9 Å². The van der Waals surface area contributed by atoms with Crippen molar-refractivity contribution in [2.24, 2.45) is 5.92 Å². The molecule has 1 heterocycles. The van der Waals surface area contributed by atoms with Crippen molar-refractivity contribution in [3.63, 3.8) is 0 Å². The van der Waals surface area contributed by atoms with E-state index in [1.54, 1.807) is 27.7 Å². The van der Waals surface area contributed by atoms with Gasteiger partial charge in [-0.25, -0.2) is 22.4 Å². The average Bonchev–Trinajstić information content (AvgIpc) is 2.62. The molecule has 1 aromatic carbocycles. The Balaban J connectivity index is 2.16. The number of benzene rings is 1. The molecule has 0 fully saturated rings. The highest BCUT2D eigenvalue weighted by Gasteiger charge is 2.37. The predicted molar refractivity (Wildman–Crippen MR) is 111 cm³/mol. The maximum atomic E-state index is 14.6. The van der Waals surface area contributed by atoms with E-state index in [0.29, 0.717) is 5.57 Å². The Morgan fingerprint density at radius 3 is 2.55 bits per heavy atom. The smallest absolute Gasteiger partial charge is 0.412 e. The first-order valence-electron chi connectivity index (χ1n) is 9.89. The monoisotopic (exact) mass is 436 g/mol. The Hall–Kier alpha value is -2.90. The quantitative estimate of drug-likeness (QED) is 0.537. The standard InChI is InChI=1S/C23H24F4N2O2/c1-13-12-23(26,27)9-7-15(13)19-20(29-21(30)31-22(2,3)4)16(8-10-28-19)17-11-14(24)5-6-18(17)25/h5-8,10-11,13H,9,12H2,1-4H3,(H,29,30). The number of amides is 1. The zero-order valence-corrected chi connectivity index (χ0v) is 17.7. The van der Waals surface area contributed by atoms with Crippen LogP contribution in [0.3, 0.4) is 0 Å². The lowest BCUT2D eigenvalue weighted by atomic mass is 9.83. The van der Waals surface area contributed by atoms with E-state index in [4.69, 9.17) is 4.74 Å². The molecule has 1 aliphatic rings. The lowest BCUT2D eigenvalue weighted by Gasteiger charge is -2.29. The van der Waals surface area contributed by atoms with Crippen molar-refractivity contribution in [1.29, 1.82) is 0 Å².